The van der Waals surface area contributed by atoms with Crippen molar-refractivity contribution in [3.05, 3.63) is 71.4 Å². The molecule has 190 valence electrons. The van der Waals surface area contributed by atoms with Crippen molar-refractivity contribution in [1.82, 2.24) is 14.7 Å². The van der Waals surface area contributed by atoms with E-state index in [0.717, 1.165) is 29.2 Å². The molecule has 1 N–H and O–H groups in total. The second-order valence-electron chi connectivity index (χ2n) is 10.7. The molecule has 0 bridgehead atoms. The molecule has 0 fully saturated rings. The van der Waals surface area contributed by atoms with E-state index in [1.54, 1.807) is 0 Å². The zero-order valence-corrected chi connectivity index (χ0v) is 22.3. The maximum Gasteiger partial charge on any atom is 0.227 e. The van der Waals surface area contributed by atoms with Crippen molar-refractivity contribution >= 4 is 0 Å². The lowest BCUT2D eigenvalue weighted by Gasteiger charge is -2.28. The third kappa shape index (κ3) is 8.20. The average molecular weight is 480 g/mol. The SMILES string of the molecule is Cc1ccc(Oc2c(CN(CC(C)C)C[C@@H](O)COC(C)(C)C)c(C)nn2-c2ccccc2)cc1. The first-order valence-corrected chi connectivity index (χ1v) is 12.4. The predicted molar refractivity (Wildman–Crippen MR) is 141 cm³/mol. The first kappa shape index (κ1) is 26.9. The predicted octanol–water partition coefficient (Wildman–Crippen LogP) is 5.92. The van der Waals surface area contributed by atoms with Crippen LogP contribution in [0.4, 0.5) is 0 Å². The first-order valence-electron chi connectivity index (χ1n) is 12.4. The lowest BCUT2D eigenvalue weighted by molar-refractivity contribution is -0.0573. The van der Waals surface area contributed by atoms with Gasteiger partial charge in [0.2, 0.25) is 5.88 Å². The molecule has 0 amide bonds. The van der Waals surface area contributed by atoms with E-state index in [4.69, 9.17) is 14.6 Å². The Hall–Kier alpha value is -2.67. The van der Waals surface area contributed by atoms with Crippen LogP contribution in [0.25, 0.3) is 5.69 Å². The Morgan fingerprint density at radius 1 is 0.971 bits per heavy atom. The summed E-state index contributed by atoms with van der Waals surface area (Å²) in [5, 5.41) is 15.6. The molecule has 0 radical (unpaired) electrons. The van der Waals surface area contributed by atoms with Crippen LogP contribution >= 0.6 is 0 Å². The van der Waals surface area contributed by atoms with E-state index in [0.29, 0.717) is 31.5 Å². The standard InChI is InChI=1S/C29H41N3O3/c1-21(2)17-31(18-25(33)20-34-29(5,6)7)19-27-23(4)30-32(24-11-9-8-10-12-24)28(27)35-26-15-13-22(3)14-16-26/h8-16,21,25,33H,17-20H2,1-7H3/t25-/m1/s1. The quantitative estimate of drug-likeness (QED) is 0.370. The summed E-state index contributed by atoms with van der Waals surface area (Å²) in [4.78, 5) is 2.27. The van der Waals surface area contributed by atoms with Gasteiger partial charge in [0.15, 0.2) is 0 Å². The van der Waals surface area contributed by atoms with Crippen LogP contribution in [-0.2, 0) is 11.3 Å². The van der Waals surface area contributed by atoms with E-state index in [1.807, 2.05) is 87.0 Å². The molecule has 0 saturated heterocycles. The van der Waals surface area contributed by atoms with Crippen molar-refractivity contribution in [3.63, 3.8) is 0 Å². The minimum atomic E-state index is -0.584. The molecule has 35 heavy (non-hydrogen) atoms. The third-order valence-electron chi connectivity index (χ3n) is 5.56. The van der Waals surface area contributed by atoms with Crippen molar-refractivity contribution in [2.24, 2.45) is 5.92 Å². The molecular formula is C29H41N3O3. The molecule has 0 aliphatic heterocycles. The fourth-order valence-electron chi connectivity index (χ4n) is 3.93. The van der Waals surface area contributed by atoms with Gasteiger partial charge < -0.3 is 14.6 Å². The van der Waals surface area contributed by atoms with E-state index < -0.39 is 6.10 Å². The summed E-state index contributed by atoms with van der Waals surface area (Å²) in [6, 6.07) is 18.1. The fraction of sp³-hybridized carbons (Fsp3) is 0.483. The molecule has 6 heteroatoms. The summed E-state index contributed by atoms with van der Waals surface area (Å²) >= 11 is 0. The highest BCUT2D eigenvalue weighted by Gasteiger charge is 2.24. The van der Waals surface area contributed by atoms with Crippen molar-refractivity contribution < 1.29 is 14.6 Å². The average Bonchev–Trinajstić information content (AvgIpc) is 3.08. The highest BCUT2D eigenvalue weighted by Crippen LogP contribution is 2.32. The monoisotopic (exact) mass is 479 g/mol. The van der Waals surface area contributed by atoms with Gasteiger partial charge in [0.25, 0.3) is 0 Å². The van der Waals surface area contributed by atoms with Gasteiger partial charge in [-0.1, -0.05) is 49.7 Å². The number of hydrogen-bond donors (Lipinski definition) is 1. The Morgan fingerprint density at radius 2 is 1.63 bits per heavy atom. The normalized spacial score (nSPS) is 13.0. The van der Waals surface area contributed by atoms with Gasteiger partial charge in [-0.15, -0.1) is 0 Å². The summed E-state index contributed by atoms with van der Waals surface area (Å²) in [6.07, 6.45) is -0.584. The van der Waals surface area contributed by atoms with Crippen LogP contribution in [-0.4, -0.2) is 51.2 Å². The second-order valence-corrected chi connectivity index (χ2v) is 10.7. The van der Waals surface area contributed by atoms with Gasteiger partial charge in [0, 0.05) is 19.6 Å². The molecule has 1 heterocycles. The summed E-state index contributed by atoms with van der Waals surface area (Å²) in [5.74, 6) is 1.91. The van der Waals surface area contributed by atoms with Gasteiger partial charge in [-0.2, -0.15) is 5.10 Å². The number of ether oxygens (including phenoxy) is 2. The smallest absolute Gasteiger partial charge is 0.227 e. The summed E-state index contributed by atoms with van der Waals surface area (Å²) < 4.78 is 14.2. The molecule has 0 unspecified atom stereocenters. The lowest BCUT2D eigenvalue weighted by atomic mass is 10.1. The van der Waals surface area contributed by atoms with E-state index in [1.165, 1.54) is 5.56 Å². The number of nitrogens with zero attached hydrogens (tertiary/aromatic N) is 3. The second kappa shape index (κ2) is 11.8. The maximum atomic E-state index is 10.7. The Balaban J connectivity index is 1.92. The topological polar surface area (TPSA) is 59.8 Å². The fourth-order valence-corrected chi connectivity index (χ4v) is 3.93. The lowest BCUT2D eigenvalue weighted by Crippen LogP contribution is -2.38. The number of aliphatic hydroxyl groups excluding tert-OH is 1. The van der Waals surface area contributed by atoms with Gasteiger partial charge in [-0.05, 0) is 64.8 Å². The number of hydrogen-bond acceptors (Lipinski definition) is 5. The number of para-hydroxylation sites is 1. The van der Waals surface area contributed by atoms with Crippen molar-refractivity contribution in [2.45, 2.75) is 66.7 Å². The van der Waals surface area contributed by atoms with E-state index in [9.17, 15) is 5.11 Å². The van der Waals surface area contributed by atoms with E-state index in [-0.39, 0.29) is 5.60 Å². The van der Waals surface area contributed by atoms with Crippen LogP contribution in [0.3, 0.4) is 0 Å². The molecule has 1 aromatic heterocycles. The molecule has 0 saturated carbocycles. The molecule has 0 aliphatic rings. The summed E-state index contributed by atoms with van der Waals surface area (Å²) in [5.41, 5.74) is 3.76. The van der Waals surface area contributed by atoms with E-state index in [2.05, 4.69) is 25.7 Å². The highest BCUT2D eigenvalue weighted by atomic mass is 16.5. The Kier molecular flexibility index (Phi) is 9.11. The van der Waals surface area contributed by atoms with Crippen LogP contribution in [0.15, 0.2) is 54.6 Å². The van der Waals surface area contributed by atoms with Gasteiger partial charge in [-0.25, -0.2) is 4.68 Å². The van der Waals surface area contributed by atoms with Crippen LogP contribution in [0.5, 0.6) is 11.6 Å². The number of aliphatic hydroxyl groups is 1. The number of rotatable bonds is 11. The zero-order chi connectivity index (χ0) is 25.6. The Bertz CT molecular complexity index is 1050. The van der Waals surface area contributed by atoms with Gasteiger partial charge in [0.1, 0.15) is 5.75 Å². The van der Waals surface area contributed by atoms with Gasteiger partial charge in [-0.3, -0.25) is 4.90 Å². The van der Waals surface area contributed by atoms with Crippen LogP contribution in [0.2, 0.25) is 0 Å². The molecule has 1 atom stereocenters. The summed E-state index contributed by atoms with van der Waals surface area (Å²) in [7, 11) is 0. The highest BCUT2D eigenvalue weighted by molar-refractivity contribution is 5.43. The molecule has 0 spiro atoms. The molecular weight excluding hydrogens is 438 g/mol. The van der Waals surface area contributed by atoms with Crippen molar-refractivity contribution in [3.8, 4) is 17.3 Å². The Labute approximate surface area is 210 Å². The number of benzene rings is 2. The van der Waals surface area contributed by atoms with Crippen molar-refractivity contribution in [1.29, 1.82) is 0 Å². The van der Waals surface area contributed by atoms with Gasteiger partial charge in [0.05, 0.1) is 35.3 Å². The minimum Gasteiger partial charge on any atom is -0.439 e. The number of aromatic nitrogens is 2. The molecule has 3 aromatic rings. The Morgan fingerprint density at radius 3 is 2.23 bits per heavy atom. The van der Waals surface area contributed by atoms with Crippen LogP contribution in [0.1, 0.15) is 51.4 Å². The number of aryl methyl sites for hydroxylation is 2. The maximum absolute atomic E-state index is 10.7. The first-order chi connectivity index (χ1) is 16.5. The van der Waals surface area contributed by atoms with Crippen LogP contribution in [0, 0.1) is 19.8 Å². The largest absolute Gasteiger partial charge is 0.439 e. The molecule has 0 aliphatic carbocycles. The van der Waals surface area contributed by atoms with E-state index >= 15 is 0 Å². The summed E-state index contributed by atoms with van der Waals surface area (Å²) in [6.45, 7) is 16.7. The minimum absolute atomic E-state index is 0.285. The van der Waals surface area contributed by atoms with Gasteiger partial charge >= 0.3 is 0 Å². The molecule has 6 nitrogen and oxygen atoms in total. The van der Waals surface area contributed by atoms with Crippen LogP contribution < -0.4 is 4.74 Å². The molecule has 2 aromatic carbocycles. The third-order valence-corrected chi connectivity index (χ3v) is 5.56. The molecule has 3 rings (SSSR count). The van der Waals surface area contributed by atoms with Crippen molar-refractivity contribution in [2.75, 3.05) is 19.7 Å². The zero-order valence-electron chi connectivity index (χ0n) is 22.3.